The lowest BCUT2D eigenvalue weighted by Gasteiger charge is -1.98. The molecule has 2 aromatic rings. The van der Waals surface area contributed by atoms with Gasteiger partial charge in [-0.25, -0.2) is 9.67 Å². The van der Waals surface area contributed by atoms with E-state index in [0.717, 1.165) is 5.56 Å². The molecule has 2 rings (SSSR count). The summed E-state index contributed by atoms with van der Waals surface area (Å²) < 4.78 is 1.64. The molecule has 0 saturated carbocycles. The lowest BCUT2D eigenvalue weighted by Crippen LogP contribution is -1.96. The maximum Gasteiger partial charge on any atom is 0.154 e. The number of halogens is 2. The highest BCUT2D eigenvalue weighted by Crippen LogP contribution is 2.12. The molecule has 2 heterocycles. The van der Waals surface area contributed by atoms with Crippen molar-refractivity contribution in [1.82, 2.24) is 14.8 Å². The fraction of sp³-hybridized carbons (Fsp3) is 0.111. The Bertz CT molecular complexity index is 439. The number of nitrogens with zero attached hydrogens (tertiary/aromatic N) is 3. The van der Waals surface area contributed by atoms with E-state index in [4.69, 9.17) is 23.2 Å². The normalized spacial score (nSPS) is 10.4. The topological polar surface area (TPSA) is 30.7 Å². The number of hydrogen-bond donors (Lipinski definition) is 0. The fourth-order valence-electron chi connectivity index (χ4n) is 1.07. The molecule has 2 aromatic heterocycles. The Kier molecular flexibility index (Phi) is 2.70. The highest BCUT2D eigenvalue weighted by molar-refractivity contribution is 6.30. The molecule has 0 amide bonds. The van der Waals surface area contributed by atoms with E-state index < -0.39 is 0 Å². The van der Waals surface area contributed by atoms with Crippen molar-refractivity contribution in [3.8, 4) is 5.82 Å². The van der Waals surface area contributed by atoms with Crippen molar-refractivity contribution in [2.24, 2.45) is 0 Å². The number of rotatable bonds is 2. The van der Waals surface area contributed by atoms with Crippen LogP contribution in [0.5, 0.6) is 0 Å². The largest absolute Gasteiger partial charge is 0.237 e. The first-order valence-corrected chi connectivity index (χ1v) is 4.92. The smallest absolute Gasteiger partial charge is 0.154 e. The zero-order chi connectivity index (χ0) is 9.97. The summed E-state index contributed by atoms with van der Waals surface area (Å²) in [5.41, 5.74) is 0.952. The van der Waals surface area contributed by atoms with Crippen LogP contribution in [0.15, 0.2) is 30.7 Å². The van der Waals surface area contributed by atoms with Gasteiger partial charge in [-0.15, -0.1) is 11.6 Å². The standard InChI is InChI=1S/C9H7Cl2N3/c10-4-7-5-13-14(6-7)9-3-8(11)1-2-12-9/h1-3,5-6H,4H2. The summed E-state index contributed by atoms with van der Waals surface area (Å²) in [5.74, 6) is 1.13. The number of aromatic nitrogens is 3. The van der Waals surface area contributed by atoms with Crippen molar-refractivity contribution >= 4 is 23.2 Å². The quantitative estimate of drug-likeness (QED) is 0.739. The van der Waals surface area contributed by atoms with E-state index in [-0.39, 0.29) is 0 Å². The minimum Gasteiger partial charge on any atom is -0.237 e. The minimum absolute atomic E-state index is 0.445. The van der Waals surface area contributed by atoms with Crippen LogP contribution in [0, 0.1) is 0 Å². The second-order valence-electron chi connectivity index (χ2n) is 2.76. The molecule has 0 atom stereocenters. The third kappa shape index (κ3) is 1.89. The molecular weight excluding hydrogens is 221 g/mol. The lowest BCUT2D eigenvalue weighted by molar-refractivity contribution is 0.846. The Hall–Kier alpha value is -1.06. The van der Waals surface area contributed by atoms with Crippen molar-refractivity contribution in [1.29, 1.82) is 0 Å². The van der Waals surface area contributed by atoms with Gasteiger partial charge in [0.05, 0.1) is 12.1 Å². The van der Waals surface area contributed by atoms with Gasteiger partial charge in [0.25, 0.3) is 0 Å². The van der Waals surface area contributed by atoms with Crippen molar-refractivity contribution in [3.05, 3.63) is 41.3 Å². The highest BCUT2D eigenvalue weighted by Gasteiger charge is 2.01. The Morgan fingerprint density at radius 2 is 2.29 bits per heavy atom. The van der Waals surface area contributed by atoms with Crippen LogP contribution in [0.4, 0.5) is 0 Å². The molecule has 3 nitrogen and oxygen atoms in total. The van der Waals surface area contributed by atoms with Gasteiger partial charge in [-0.05, 0) is 6.07 Å². The molecule has 0 N–H and O–H groups in total. The molecule has 0 fully saturated rings. The highest BCUT2D eigenvalue weighted by atomic mass is 35.5. The van der Waals surface area contributed by atoms with E-state index in [9.17, 15) is 0 Å². The maximum atomic E-state index is 5.83. The third-order valence-corrected chi connectivity index (χ3v) is 2.28. The van der Waals surface area contributed by atoms with E-state index >= 15 is 0 Å². The van der Waals surface area contributed by atoms with Crippen LogP contribution in [-0.4, -0.2) is 14.8 Å². The zero-order valence-electron chi connectivity index (χ0n) is 7.19. The number of hydrogen-bond acceptors (Lipinski definition) is 2. The molecule has 5 heteroatoms. The van der Waals surface area contributed by atoms with E-state index in [1.54, 1.807) is 29.2 Å². The van der Waals surface area contributed by atoms with Crippen LogP contribution in [0.2, 0.25) is 5.02 Å². The summed E-state index contributed by atoms with van der Waals surface area (Å²) in [6.45, 7) is 0. The summed E-state index contributed by atoms with van der Waals surface area (Å²) in [7, 11) is 0. The van der Waals surface area contributed by atoms with Crippen LogP contribution in [0.1, 0.15) is 5.56 Å². The van der Waals surface area contributed by atoms with Gasteiger partial charge in [-0.1, -0.05) is 11.6 Å². The second kappa shape index (κ2) is 3.98. The van der Waals surface area contributed by atoms with Crippen LogP contribution < -0.4 is 0 Å². The molecule has 0 aromatic carbocycles. The summed E-state index contributed by atoms with van der Waals surface area (Å²) in [4.78, 5) is 4.13. The molecule has 0 saturated heterocycles. The number of alkyl halides is 1. The number of pyridine rings is 1. The van der Waals surface area contributed by atoms with E-state index in [1.807, 2.05) is 6.20 Å². The molecule has 0 radical (unpaired) electrons. The van der Waals surface area contributed by atoms with Crippen molar-refractivity contribution in [2.45, 2.75) is 5.88 Å². The molecule has 0 aliphatic rings. The van der Waals surface area contributed by atoms with Gasteiger partial charge >= 0.3 is 0 Å². The fourth-order valence-corrected chi connectivity index (χ4v) is 1.37. The first-order valence-electron chi connectivity index (χ1n) is 4.01. The minimum atomic E-state index is 0.445. The molecular formula is C9H7Cl2N3. The van der Waals surface area contributed by atoms with Crippen molar-refractivity contribution in [3.63, 3.8) is 0 Å². The summed E-state index contributed by atoms with van der Waals surface area (Å²) in [6.07, 6.45) is 5.17. The molecule has 0 spiro atoms. The lowest BCUT2D eigenvalue weighted by atomic mass is 10.4. The van der Waals surface area contributed by atoms with E-state index in [0.29, 0.717) is 16.7 Å². The predicted octanol–water partition coefficient (Wildman–Crippen LogP) is 2.66. The first-order chi connectivity index (χ1) is 6.79. The van der Waals surface area contributed by atoms with E-state index in [1.165, 1.54) is 0 Å². The van der Waals surface area contributed by atoms with Gasteiger partial charge in [0.1, 0.15) is 0 Å². The van der Waals surface area contributed by atoms with Crippen LogP contribution in [0.3, 0.4) is 0 Å². The molecule has 14 heavy (non-hydrogen) atoms. The zero-order valence-corrected chi connectivity index (χ0v) is 8.70. The Balaban J connectivity index is 2.39. The molecule has 72 valence electrons. The predicted molar refractivity (Wildman–Crippen MR) is 55.9 cm³/mol. The summed E-state index contributed by atoms with van der Waals surface area (Å²) >= 11 is 11.5. The molecule has 0 bridgehead atoms. The summed E-state index contributed by atoms with van der Waals surface area (Å²) in [5, 5.41) is 4.75. The van der Waals surface area contributed by atoms with Gasteiger partial charge in [-0.2, -0.15) is 5.10 Å². The molecule has 0 aliphatic carbocycles. The van der Waals surface area contributed by atoms with E-state index in [2.05, 4.69) is 10.1 Å². The van der Waals surface area contributed by atoms with Gasteiger partial charge in [0.15, 0.2) is 5.82 Å². The van der Waals surface area contributed by atoms with Crippen molar-refractivity contribution < 1.29 is 0 Å². The van der Waals surface area contributed by atoms with Gasteiger partial charge in [0.2, 0.25) is 0 Å². The third-order valence-electron chi connectivity index (χ3n) is 1.73. The van der Waals surface area contributed by atoms with Crippen molar-refractivity contribution in [2.75, 3.05) is 0 Å². The maximum absolute atomic E-state index is 5.83. The van der Waals surface area contributed by atoms with Crippen LogP contribution in [0.25, 0.3) is 5.82 Å². The average molecular weight is 228 g/mol. The molecule has 0 unspecified atom stereocenters. The summed E-state index contributed by atoms with van der Waals surface area (Å²) in [6, 6.07) is 3.46. The molecule has 0 aliphatic heterocycles. The van der Waals surface area contributed by atoms with Gasteiger partial charge < -0.3 is 0 Å². The van der Waals surface area contributed by atoms with Crippen LogP contribution >= 0.6 is 23.2 Å². The SMILES string of the molecule is ClCc1cnn(-c2cc(Cl)ccn2)c1. The first kappa shape index (κ1) is 9.49. The second-order valence-corrected chi connectivity index (χ2v) is 3.46. The Morgan fingerprint density at radius 3 is 2.93 bits per heavy atom. The van der Waals surface area contributed by atoms with Gasteiger partial charge in [0, 0.05) is 29.0 Å². The van der Waals surface area contributed by atoms with Crippen LogP contribution in [-0.2, 0) is 5.88 Å². The monoisotopic (exact) mass is 227 g/mol. The average Bonchev–Trinajstić information content (AvgIpc) is 2.66. The Morgan fingerprint density at radius 1 is 1.43 bits per heavy atom. The van der Waals surface area contributed by atoms with Gasteiger partial charge in [-0.3, -0.25) is 0 Å². The Labute approximate surface area is 91.3 Å².